The van der Waals surface area contributed by atoms with E-state index in [1.54, 1.807) is 20.8 Å². The topological polar surface area (TPSA) is 87.1 Å². The second-order valence-corrected chi connectivity index (χ2v) is 7.20. The van der Waals surface area contributed by atoms with Crippen LogP contribution in [0.3, 0.4) is 0 Å². The number of aliphatic hydroxyl groups excluding tert-OH is 1. The minimum Gasteiger partial charge on any atom is -0.479 e. The molecule has 0 unspecified atom stereocenters. The van der Waals surface area contributed by atoms with E-state index >= 15 is 0 Å². The van der Waals surface area contributed by atoms with E-state index in [2.05, 4.69) is 0 Å². The molecule has 1 heterocycles. The van der Waals surface area contributed by atoms with E-state index in [1.807, 2.05) is 30.3 Å². The van der Waals surface area contributed by atoms with Crippen LogP contribution in [0, 0.1) is 5.41 Å². The Morgan fingerprint density at radius 1 is 1.29 bits per heavy atom. The molecule has 6 heteroatoms. The lowest BCUT2D eigenvalue weighted by molar-refractivity contribution is -0.157. The fraction of sp³-hybridized carbons (Fsp3) is 0.556. The van der Waals surface area contributed by atoms with Gasteiger partial charge in [0.15, 0.2) is 0 Å². The monoisotopic (exact) mass is 335 g/mol. The number of carboxylic acids is 1. The highest BCUT2D eigenvalue weighted by Gasteiger charge is 2.61. The Kier molecular flexibility index (Phi) is 5.18. The van der Waals surface area contributed by atoms with Crippen molar-refractivity contribution >= 4 is 12.1 Å². The number of carbonyl (C=O) groups is 2. The summed E-state index contributed by atoms with van der Waals surface area (Å²) < 4.78 is 5.36. The van der Waals surface area contributed by atoms with Crippen LogP contribution in [0.2, 0.25) is 0 Å². The molecule has 2 atom stereocenters. The highest BCUT2D eigenvalue weighted by molar-refractivity contribution is 5.86. The fourth-order valence-electron chi connectivity index (χ4n) is 3.47. The van der Waals surface area contributed by atoms with Gasteiger partial charge in [0, 0.05) is 0 Å². The predicted octanol–water partition coefficient (Wildman–Crippen LogP) is 2.65. The van der Waals surface area contributed by atoms with E-state index in [1.165, 1.54) is 4.90 Å². The molecule has 1 fully saturated rings. The number of hydrogen-bond donors (Lipinski definition) is 2. The minimum atomic E-state index is -1.39. The van der Waals surface area contributed by atoms with Crippen molar-refractivity contribution in [3.8, 4) is 0 Å². The molecular formula is C18H25NO5. The van der Waals surface area contributed by atoms with Crippen LogP contribution in [0.25, 0.3) is 0 Å². The van der Waals surface area contributed by atoms with Crippen LogP contribution in [-0.4, -0.2) is 45.4 Å². The number of aliphatic carboxylic acids is 1. The molecule has 1 aromatic carbocycles. The summed E-state index contributed by atoms with van der Waals surface area (Å²) >= 11 is 0. The van der Waals surface area contributed by atoms with Gasteiger partial charge in [-0.25, -0.2) is 9.59 Å². The summed E-state index contributed by atoms with van der Waals surface area (Å²) in [6.45, 7) is 5.15. The zero-order chi connectivity index (χ0) is 18.0. The molecule has 1 aliphatic rings. The average molecular weight is 335 g/mol. The summed E-state index contributed by atoms with van der Waals surface area (Å²) in [5.74, 6) is -1.07. The smallest absolute Gasteiger partial charge is 0.411 e. The number of benzene rings is 1. The first-order valence-electron chi connectivity index (χ1n) is 8.08. The van der Waals surface area contributed by atoms with Crippen molar-refractivity contribution in [3.63, 3.8) is 0 Å². The summed E-state index contributed by atoms with van der Waals surface area (Å²) in [5.41, 5.74) is -1.27. The first kappa shape index (κ1) is 18.3. The zero-order valence-electron chi connectivity index (χ0n) is 14.4. The molecular weight excluding hydrogens is 310 g/mol. The lowest BCUT2D eigenvalue weighted by Crippen LogP contribution is -2.63. The molecule has 0 aromatic heterocycles. The van der Waals surface area contributed by atoms with Gasteiger partial charge < -0.3 is 14.9 Å². The lowest BCUT2D eigenvalue weighted by Gasteiger charge is -2.45. The fourth-order valence-corrected chi connectivity index (χ4v) is 3.47. The maximum Gasteiger partial charge on any atom is 0.411 e. The number of carboxylic acid groups (broad SMARTS) is 1. The number of aliphatic hydroxyl groups is 1. The minimum absolute atomic E-state index is 0.0637. The SMILES string of the molecule is CC(C)(C)[C@]1(C(=O)O)CC[C@@H](CO)N1C(=O)OCc1ccccc1. The number of rotatable bonds is 4. The maximum atomic E-state index is 12.7. The summed E-state index contributed by atoms with van der Waals surface area (Å²) in [6, 6.07) is 8.65. The molecule has 1 aliphatic heterocycles. The summed E-state index contributed by atoms with van der Waals surface area (Å²) in [6.07, 6.45) is 0.0191. The van der Waals surface area contributed by atoms with Gasteiger partial charge in [-0.3, -0.25) is 4.90 Å². The molecule has 6 nitrogen and oxygen atoms in total. The lowest BCUT2D eigenvalue weighted by atomic mass is 9.72. The summed E-state index contributed by atoms with van der Waals surface area (Å²) in [4.78, 5) is 26.0. The van der Waals surface area contributed by atoms with Crippen LogP contribution in [0.1, 0.15) is 39.2 Å². The van der Waals surface area contributed by atoms with Gasteiger partial charge >= 0.3 is 12.1 Å². The molecule has 0 spiro atoms. The van der Waals surface area contributed by atoms with Gasteiger partial charge in [0.2, 0.25) is 0 Å². The van der Waals surface area contributed by atoms with Gasteiger partial charge in [0.05, 0.1) is 12.6 Å². The largest absolute Gasteiger partial charge is 0.479 e. The second kappa shape index (κ2) is 6.81. The Morgan fingerprint density at radius 3 is 2.42 bits per heavy atom. The van der Waals surface area contributed by atoms with Crippen molar-refractivity contribution in [2.75, 3.05) is 6.61 Å². The quantitative estimate of drug-likeness (QED) is 0.883. The number of amides is 1. The number of nitrogens with zero attached hydrogens (tertiary/aromatic N) is 1. The second-order valence-electron chi connectivity index (χ2n) is 7.20. The Hall–Kier alpha value is -2.08. The van der Waals surface area contributed by atoms with Crippen molar-refractivity contribution in [1.29, 1.82) is 0 Å². The Morgan fingerprint density at radius 2 is 1.92 bits per heavy atom. The molecule has 0 bridgehead atoms. The van der Waals surface area contributed by atoms with E-state index in [-0.39, 0.29) is 19.6 Å². The molecule has 0 aliphatic carbocycles. The molecule has 0 radical (unpaired) electrons. The van der Waals surface area contributed by atoms with Crippen LogP contribution in [0.5, 0.6) is 0 Å². The predicted molar refractivity (Wildman–Crippen MR) is 88.4 cm³/mol. The first-order chi connectivity index (χ1) is 11.2. The normalized spacial score (nSPS) is 24.0. The summed E-state index contributed by atoms with van der Waals surface area (Å²) in [7, 11) is 0. The highest BCUT2D eigenvalue weighted by atomic mass is 16.6. The molecule has 2 rings (SSSR count). The van der Waals surface area contributed by atoms with Gasteiger partial charge in [-0.05, 0) is 23.8 Å². The number of hydrogen-bond acceptors (Lipinski definition) is 4. The average Bonchev–Trinajstić information content (AvgIpc) is 2.94. The van der Waals surface area contributed by atoms with Crippen molar-refractivity contribution in [1.82, 2.24) is 4.90 Å². The first-order valence-corrected chi connectivity index (χ1v) is 8.08. The Balaban J connectivity index is 2.27. The van der Waals surface area contributed by atoms with Crippen LogP contribution >= 0.6 is 0 Å². The molecule has 24 heavy (non-hydrogen) atoms. The maximum absolute atomic E-state index is 12.7. The Labute approximate surface area is 142 Å². The standard InChI is InChI=1S/C18H25NO5/c1-17(2,3)18(15(21)22)10-9-14(11-20)19(18)16(23)24-12-13-7-5-4-6-8-13/h4-8,14,20H,9-12H2,1-3H3,(H,21,22)/t14-,18+/m0/s1. The van der Waals surface area contributed by atoms with Crippen LogP contribution in [-0.2, 0) is 16.1 Å². The molecule has 1 saturated heterocycles. The van der Waals surface area contributed by atoms with Crippen LogP contribution in [0.15, 0.2) is 30.3 Å². The van der Waals surface area contributed by atoms with E-state index in [0.29, 0.717) is 6.42 Å². The van der Waals surface area contributed by atoms with Crippen LogP contribution < -0.4 is 0 Å². The van der Waals surface area contributed by atoms with Crippen molar-refractivity contribution in [2.45, 2.75) is 51.8 Å². The van der Waals surface area contributed by atoms with Gasteiger partial charge in [0.25, 0.3) is 0 Å². The third-order valence-electron chi connectivity index (χ3n) is 4.82. The van der Waals surface area contributed by atoms with Gasteiger partial charge in [-0.15, -0.1) is 0 Å². The van der Waals surface area contributed by atoms with E-state index in [0.717, 1.165) is 5.56 Å². The van der Waals surface area contributed by atoms with E-state index in [4.69, 9.17) is 4.74 Å². The molecule has 1 amide bonds. The molecule has 2 N–H and O–H groups in total. The molecule has 132 valence electrons. The van der Waals surface area contributed by atoms with Crippen molar-refractivity contribution in [2.24, 2.45) is 5.41 Å². The van der Waals surface area contributed by atoms with Gasteiger partial charge in [-0.1, -0.05) is 51.1 Å². The van der Waals surface area contributed by atoms with Gasteiger partial charge in [0.1, 0.15) is 12.1 Å². The van der Waals surface area contributed by atoms with E-state index in [9.17, 15) is 19.8 Å². The van der Waals surface area contributed by atoms with Gasteiger partial charge in [-0.2, -0.15) is 0 Å². The Bertz CT molecular complexity index is 595. The van der Waals surface area contributed by atoms with Crippen molar-refractivity contribution in [3.05, 3.63) is 35.9 Å². The van der Waals surface area contributed by atoms with Crippen molar-refractivity contribution < 1.29 is 24.5 Å². The van der Waals surface area contributed by atoms with E-state index < -0.39 is 29.1 Å². The molecule has 0 saturated carbocycles. The number of likely N-dealkylation sites (tertiary alicyclic amines) is 1. The zero-order valence-corrected chi connectivity index (χ0v) is 14.4. The third kappa shape index (κ3) is 3.11. The molecule has 1 aromatic rings. The van der Waals surface area contributed by atoms with Crippen LogP contribution in [0.4, 0.5) is 4.79 Å². The third-order valence-corrected chi connectivity index (χ3v) is 4.82. The number of carbonyl (C=O) groups excluding carboxylic acids is 1. The summed E-state index contributed by atoms with van der Waals surface area (Å²) in [5, 5.41) is 19.5. The number of ether oxygens (including phenoxy) is 1. The highest BCUT2D eigenvalue weighted by Crippen LogP contribution is 2.46.